The lowest BCUT2D eigenvalue weighted by atomic mass is 10.2. The second kappa shape index (κ2) is 3.82. The van der Waals surface area contributed by atoms with Gasteiger partial charge in [-0.05, 0) is 30.7 Å². The van der Waals surface area contributed by atoms with Gasteiger partial charge in [0.2, 0.25) is 0 Å². The van der Waals surface area contributed by atoms with Crippen LogP contribution in [0.3, 0.4) is 0 Å². The Balaban J connectivity index is 2.18. The number of aromatic nitrogens is 4. The molecule has 0 saturated carbocycles. The fourth-order valence-corrected chi connectivity index (χ4v) is 1.81. The van der Waals surface area contributed by atoms with Crippen molar-refractivity contribution in [3.05, 3.63) is 47.4 Å². The molecular formula is C12H9ClN4. The molecule has 4 nitrogen and oxygen atoms in total. The van der Waals surface area contributed by atoms with Crippen LogP contribution in [0, 0.1) is 6.92 Å². The molecule has 3 heterocycles. The second-order valence-corrected chi connectivity index (χ2v) is 4.27. The smallest absolute Gasteiger partial charge is 0.183 e. The Morgan fingerprint density at radius 2 is 2.12 bits per heavy atom. The number of fused-ring (bicyclic) bond motifs is 1. The Labute approximate surface area is 103 Å². The average molecular weight is 245 g/mol. The third-order valence-corrected chi connectivity index (χ3v) is 2.65. The number of pyridine rings is 2. The third kappa shape index (κ3) is 1.87. The van der Waals surface area contributed by atoms with Crippen molar-refractivity contribution in [1.82, 2.24) is 19.6 Å². The summed E-state index contributed by atoms with van der Waals surface area (Å²) in [6, 6.07) is 5.63. The van der Waals surface area contributed by atoms with Crippen molar-refractivity contribution in [2.24, 2.45) is 0 Å². The number of nitrogens with zero attached hydrogens (tertiary/aromatic N) is 4. The van der Waals surface area contributed by atoms with Gasteiger partial charge in [-0.25, -0.2) is 9.50 Å². The van der Waals surface area contributed by atoms with Crippen molar-refractivity contribution in [1.29, 1.82) is 0 Å². The molecule has 0 N–H and O–H groups in total. The fourth-order valence-electron chi connectivity index (χ4n) is 1.66. The molecule has 0 aromatic carbocycles. The molecule has 0 spiro atoms. The van der Waals surface area contributed by atoms with Gasteiger partial charge in [0.25, 0.3) is 0 Å². The molecule has 0 atom stereocenters. The van der Waals surface area contributed by atoms with Gasteiger partial charge in [-0.15, -0.1) is 5.10 Å². The summed E-state index contributed by atoms with van der Waals surface area (Å²) in [6.07, 6.45) is 5.29. The highest BCUT2D eigenvalue weighted by atomic mass is 35.5. The summed E-state index contributed by atoms with van der Waals surface area (Å²) in [5.41, 5.74) is 2.76. The normalized spacial score (nSPS) is 10.9. The second-order valence-electron chi connectivity index (χ2n) is 3.84. The molecule has 84 valence electrons. The van der Waals surface area contributed by atoms with Gasteiger partial charge in [0.05, 0.1) is 5.02 Å². The van der Waals surface area contributed by atoms with Gasteiger partial charge >= 0.3 is 0 Å². The standard InChI is InChI=1S/C12H9ClN4/c1-8-4-9(6-14-5-8)12-15-11-3-2-10(13)7-17(11)16-12/h2-7H,1H3. The van der Waals surface area contributed by atoms with Gasteiger partial charge in [0.1, 0.15) is 0 Å². The van der Waals surface area contributed by atoms with Crippen LogP contribution in [0.4, 0.5) is 0 Å². The van der Waals surface area contributed by atoms with E-state index >= 15 is 0 Å². The van der Waals surface area contributed by atoms with Gasteiger partial charge in [-0.1, -0.05) is 11.6 Å². The molecule has 17 heavy (non-hydrogen) atoms. The van der Waals surface area contributed by atoms with E-state index in [0.29, 0.717) is 10.8 Å². The molecule has 0 amide bonds. The molecule has 0 fully saturated rings. The van der Waals surface area contributed by atoms with E-state index in [4.69, 9.17) is 11.6 Å². The van der Waals surface area contributed by atoms with Crippen molar-refractivity contribution in [2.75, 3.05) is 0 Å². The minimum atomic E-state index is 0.635. The predicted octanol–water partition coefficient (Wildman–Crippen LogP) is 2.75. The van der Waals surface area contributed by atoms with Crippen molar-refractivity contribution < 1.29 is 0 Å². The van der Waals surface area contributed by atoms with Crippen LogP contribution in [0.25, 0.3) is 17.0 Å². The molecule has 3 aromatic rings. The molecule has 0 aliphatic rings. The minimum absolute atomic E-state index is 0.635. The summed E-state index contributed by atoms with van der Waals surface area (Å²) in [5, 5.41) is 5.00. The fraction of sp³-hybridized carbons (Fsp3) is 0.0833. The quantitative estimate of drug-likeness (QED) is 0.661. The van der Waals surface area contributed by atoms with Crippen LogP contribution in [0.15, 0.2) is 36.8 Å². The van der Waals surface area contributed by atoms with Gasteiger partial charge in [-0.3, -0.25) is 4.98 Å². The molecule has 0 radical (unpaired) electrons. The summed E-state index contributed by atoms with van der Waals surface area (Å²) >= 11 is 5.90. The Hall–Kier alpha value is -1.94. The Morgan fingerprint density at radius 3 is 2.94 bits per heavy atom. The highest BCUT2D eigenvalue weighted by Gasteiger charge is 2.06. The van der Waals surface area contributed by atoms with E-state index in [0.717, 1.165) is 16.8 Å². The van der Waals surface area contributed by atoms with Gasteiger partial charge < -0.3 is 0 Å². The zero-order valence-electron chi connectivity index (χ0n) is 9.13. The molecular weight excluding hydrogens is 236 g/mol. The number of hydrogen-bond acceptors (Lipinski definition) is 3. The van der Waals surface area contributed by atoms with Crippen molar-refractivity contribution in [2.45, 2.75) is 6.92 Å². The first-order valence-electron chi connectivity index (χ1n) is 5.16. The van der Waals surface area contributed by atoms with Crippen LogP contribution in [-0.4, -0.2) is 19.6 Å². The molecule has 0 aliphatic heterocycles. The number of hydrogen-bond donors (Lipinski definition) is 0. The van der Waals surface area contributed by atoms with E-state index in [1.54, 1.807) is 29.2 Å². The zero-order chi connectivity index (χ0) is 11.8. The maximum atomic E-state index is 5.90. The summed E-state index contributed by atoms with van der Waals surface area (Å²) in [5.74, 6) is 0.656. The molecule has 3 aromatic heterocycles. The van der Waals surface area contributed by atoms with Crippen molar-refractivity contribution >= 4 is 17.2 Å². The maximum absolute atomic E-state index is 5.90. The van der Waals surface area contributed by atoms with Gasteiger partial charge in [-0.2, -0.15) is 0 Å². The van der Waals surface area contributed by atoms with Crippen molar-refractivity contribution in [3.8, 4) is 11.4 Å². The maximum Gasteiger partial charge on any atom is 0.183 e. The monoisotopic (exact) mass is 244 g/mol. The van der Waals surface area contributed by atoms with Crippen LogP contribution in [-0.2, 0) is 0 Å². The predicted molar refractivity (Wildman–Crippen MR) is 66.0 cm³/mol. The molecule has 5 heteroatoms. The van der Waals surface area contributed by atoms with E-state index in [2.05, 4.69) is 15.1 Å². The first kappa shape index (κ1) is 10.2. The largest absolute Gasteiger partial charge is 0.264 e. The topological polar surface area (TPSA) is 43.1 Å². The highest BCUT2D eigenvalue weighted by Crippen LogP contribution is 2.17. The van der Waals surface area contributed by atoms with Crippen LogP contribution in [0.5, 0.6) is 0 Å². The minimum Gasteiger partial charge on any atom is -0.264 e. The molecule has 0 saturated heterocycles. The van der Waals surface area contributed by atoms with E-state index in [1.165, 1.54) is 0 Å². The van der Waals surface area contributed by atoms with E-state index < -0.39 is 0 Å². The van der Waals surface area contributed by atoms with Crippen LogP contribution in [0.2, 0.25) is 5.02 Å². The first-order chi connectivity index (χ1) is 8.22. The number of halogens is 1. The van der Waals surface area contributed by atoms with Crippen LogP contribution < -0.4 is 0 Å². The molecule has 0 unspecified atom stereocenters. The van der Waals surface area contributed by atoms with E-state index in [1.807, 2.05) is 19.1 Å². The van der Waals surface area contributed by atoms with E-state index in [-0.39, 0.29) is 0 Å². The van der Waals surface area contributed by atoms with Crippen LogP contribution in [0.1, 0.15) is 5.56 Å². The van der Waals surface area contributed by atoms with Gasteiger partial charge in [0, 0.05) is 24.2 Å². The highest BCUT2D eigenvalue weighted by molar-refractivity contribution is 6.30. The Bertz CT molecular complexity index is 690. The lowest BCUT2D eigenvalue weighted by Gasteiger charge is -1.94. The molecule has 3 rings (SSSR count). The zero-order valence-corrected chi connectivity index (χ0v) is 9.89. The van der Waals surface area contributed by atoms with Crippen LogP contribution >= 0.6 is 11.6 Å². The molecule has 0 bridgehead atoms. The van der Waals surface area contributed by atoms with Crippen molar-refractivity contribution in [3.63, 3.8) is 0 Å². The summed E-state index contributed by atoms with van der Waals surface area (Å²) in [6.45, 7) is 1.99. The number of rotatable bonds is 1. The van der Waals surface area contributed by atoms with Gasteiger partial charge in [0.15, 0.2) is 11.5 Å². The first-order valence-corrected chi connectivity index (χ1v) is 5.54. The molecule has 0 aliphatic carbocycles. The SMILES string of the molecule is Cc1cncc(-c2nc3ccc(Cl)cn3n2)c1. The summed E-state index contributed by atoms with van der Waals surface area (Å²) < 4.78 is 1.67. The van der Waals surface area contributed by atoms with E-state index in [9.17, 15) is 0 Å². The lowest BCUT2D eigenvalue weighted by molar-refractivity contribution is 0.965. The Morgan fingerprint density at radius 1 is 1.24 bits per heavy atom. The number of aryl methyl sites for hydroxylation is 1. The summed E-state index contributed by atoms with van der Waals surface area (Å²) in [7, 11) is 0. The lowest BCUT2D eigenvalue weighted by Crippen LogP contribution is -1.87. The Kier molecular flexibility index (Phi) is 2.30. The third-order valence-electron chi connectivity index (χ3n) is 2.43. The average Bonchev–Trinajstić information content (AvgIpc) is 2.72. The summed E-state index contributed by atoms with van der Waals surface area (Å²) in [4.78, 5) is 8.55.